The second kappa shape index (κ2) is 6.64. The van der Waals surface area contributed by atoms with E-state index >= 15 is 0 Å². The summed E-state index contributed by atoms with van der Waals surface area (Å²) in [6.07, 6.45) is 2.82. The molecule has 2 nitrogen and oxygen atoms in total. The van der Waals surface area contributed by atoms with Crippen LogP contribution in [0.4, 0.5) is 4.39 Å². The Kier molecular flexibility index (Phi) is 5.43. The molecule has 0 aliphatic heterocycles. The van der Waals surface area contributed by atoms with Crippen LogP contribution in [0.25, 0.3) is 0 Å². The summed E-state index contributed by atoms with van der Waals surface area (Å²) in [5.41, 5.74) is 5.35. The van der Waals surface area contributed by atoms with E-state index in [1.54, 1.807) is 12.1 Å². The number of nitrogens with two attached hydrogens (primary N) is 1. The second-order valence-corrected chi connectivity index (χ2v) is 3.66. The Balaban J connectivity index is 2.37. The third-order valence-electron chi connectivity index (χ3n) is 2.01. The van der Waals surface area contributed by atoms with Crippen molar-refractivity contribution in [1.82, 2.24) is 0 Å². The molecule has 0 saturated heterocycles. The van der Waals surface area contributed by atoms with Crippen LogP contribution in [-0.4, -0.2) is 13.2 Å². The van der Waals surface area contributed by atoms with E-state index in [0.29, 0.717) is 18.2 Å². The molecule has 1 aromatic rings. The predicted octanol–water partition coefficient (Wildman–Crippen LogP) is 2.99. The van der Waals surface area contributed by atoms with Crippen molar-refractivity contribution in [2.75, 3.05) is 13.2 Å². The number of halogens is 2. The summed E-state index contributed by atoms with van der Waals surface area (Å²) in [4.78, 5) is 0. The zero-order chi connectivity index (χ0) is 11.1. The summed E-state index contributed by atoms with van der Waals surface area (Å²) < 4.78 is 18.5. The molecule has 0 unspecified atom stereocenters. The Morgan fingerprint density at radius 2 is 2.07 bits per heavy atom. The molecule has 0 aliphatic rings. The standard InChI is InChI=1S/C11H15ClFNO/c12-9-5-4-6-10(13)11(9)15-8-3-1-2-7-14/h4-6H,1-3,7-8,14H2. The molecule has 15 heavy (non-hydrogen) atoms. The van der Waals surface area contributed by atoms with Gasteiger partial charge in [0.15, 0.2) is 11.6 Å². The molecule has 0 spiro atoms. The Morgan fingerprint density at radius 3 is 2.73 bits per heavy atom. The summed E-state index contributed by atoms with van der Waals surface area (Å²) in [6, 6.07) is 4.50. The van der Waals surface area contributed by atoms with Gasteiger partial charge in [0.1, 0.15) is 0 Å². The Hall–Kier alpha value is -0.800. The predicted molar refractivity (Wildman–Crippen MR) is 59.8 cm³/mol. The molecule has 0 saturated carbocycles. The van der Waals surface area contributed by atoms with E-state index in [0.717, 1.165) is 19.3 Å². The lowest BCUT2D eigenvalue weighted by atomic mass is 10.2. The molecule has 0 aromatic heterocycles. The largest absolute Gasteiger partial charge is 0.489 e. The van der Waals surface area contributed by atoms with Gasteiger partial charge in [-0.2, -0.15) is 0 Å². The number of para-hydroxylation sites is 1. The van der Waals surface area contributed by atoms with Gasteiger partial charge >= 0.3 is 0 Å². The number of unbranched alkanes of at least 4 members (excludes halogenated alkanes) is 2. The van der Waals surface area contributed by atoms with Crippen molar-refractivity contribution in [3.05, 3.63) is 29.0 Å². The van der Waals surface area contributed by atoms with Crippen LogP contribution in [0.15, 0.2) is 18.2 Å². The van der Waals surface area contributed by atoms with Gasteiger partial charge in [-0.1, -0.05) is 17.7 Å². The van der Waals surface area contributed by atoms with Crippen LogP contribution in [0.5, 0.6) is 5.75 Å². The normalized spacial score (nSPS) is 10.3. The minimum atomic E-state index is -0.415. The molecule has 0 heterocycles. The van der Waals surface area contributed by atoms with Crippen molar-refractivity contribution in [1.29, 1.82) is 0 Å². The Morgan fingerprint density at radius 1 is 1.27 bits per heavy atom. The first-order valence-corrected chi connectivity index (χ1v) is 5.40. The first kappa shape index (κ1) is 12.3. The van der Waals surface area contributed by atoms with E-state index in [4.69, 9.17) is 22.1 Å². The van der Waals surface area contributed by atoms with Gasteiger partial charge in [-0.25, -0.2) is 4.39 Å². The molecule has 1 rings (SSSR count). The van der Waals surface area contributed by atoms with Crippen LogP contribution in [-0.2, 0) is 0 Å². The maximum Gasteiger partial charge on any atom is 0.173 e. The van der Waals surface area contributed by atoms with Crippen molar-refractivity contribution >= 4 is 11.6 Å². The fraction of sp³-hybridized carbons (Fsp3) is 0.455. The van der Waals surface area contributed by atoms with Gasteiger partial charge in [-0.3, -0.25) is 0 Å². The maximum atomic E-state index is 13.2. The number of benzene rings is 1. The molecular weight excluding hydrogens is 217 g/mol. The summed E-state index contributed by atoms with van der Waals surface area (Å²) in [5.74, 6) is -0.270. The molecule has 4 heteroatoms. The monoisotopic (exact) mass is 231 g/mol. The minimum absolute atomic E-state index is 0.145. The first-order valence-electron chi connectivity index (χ1n) is 5.02. The lowest BCUT2D eigenvalue weighted by Crippen LogP contribution is -2.02. The van der Waals surface area contributed by atoms with E-state index in [9.17, 15) is 4.39 Å². The zero-order valence-corrected chi connectivity index (χ0v) is 9.27. The fourth-order valence-electron chi connectivity index (χ4n) is 1.22. The lowest BCUT2D eigenvalue weighted by Gasteiger charge is -2.08. The number of hydrogen-bond acceptors (Lipinski definition) is 2. The van der Waals surface area contributed by atoms with Crippen molar-refractivity contribution in [2.24, 2.45) is 5.73 Å². The molecule has 0 fully saturated rings. The van der Waals surface area contributed by atoms with Gasteiger partial charge in [0.05, 0.1) is 11.6 Å². The van der Waals surface area contributed by atoms with E-state index in [1.165, 1.54) is 6.07 Å². The summed E-state index contributed by atoms with van der Waals surface area (Å²) >= 11 is 5.78. The number of hydrogen-bond donors (Lipinski definition) is 1. The van der Waals surface area contributed by atoms with Crippen LogP contribution in [0.2, 0.25) is 5.02 Å². The molecule has 0 radical (unpaired) electrons. The molecule has 0 bridgehead atoms. The summed E-state index contributed by atoms with van der Waals surface area (Å²) in [6.45, 7) is 1.15. The summed E-state index contributed by atoms with van der Waals surface area (Å²) in [7, 11) is 0. The molecule has 1 aromatic carbocycles. The highest BCUT2D eigenvalue weighted by molar-refractivity contribution is 6.32. The van der Waals surface area contributed by atoms with Gasteiger partial charge in [-0.15, -0.1) is 0 Å². The molecule has 84 valence electrons. The number of ether oxygens (including phenoxy) is 1. The van der Waals surface area contributed by atoms with Gasteiger partial charge in [-0.05, 0) is 37.9 Å². The van der Waals surface area contributed by atoms with E-state index < -0.39 is 5.82 Å². The molecule has 0 atom stereocenters. The molecular formula is C11H15ClFNO. The third-order valence-corrected chi connectivity index (χ3v) is 2.31. The van der Waals surface area contributed by atoms with Gasteiger partial charge in [0.25, 0.3) is 0 Å². The van der Waals surface area contributed by atoms with Gasteiger partial charge < -0.3 is 10.5 Å². The average molecular weight is 232 g/mol. The topological polar surface area (TPSA) is 35.2 Å². The molecule has 2 N–H and O–H groups in total. The van der Waals surface area contributed by atoms with Crippen LogP contribution < -0.4 is 10.5 Å². The molecule has 0 amide bonds. The average Bonchev–Trinajstić information content (AvgIpc) is 2.21. The van der Waals surface area contributed by atoms with Gasteiger partial charge in [0, 0.05) is 0 Å². The van der Waals surface area contributed by atoms with Crippen LogP contribution in [0.3, 0.4) is 0 Å². The zero-order valence-electron chi connectivity index (χ0n) is 8.51. The highest BCUT2D eigenvalue weighted by Gasteiger charge is 2.06. The summed E-state index contributed by atoms with van der Waals surface area (Å²) in [5, 5.41) is 0.314. The quantitative estimate of drug-likeness (QED) is 0.764. The van der Waals surface area contributed by atoms with E-state index in [1.807, 2.05) is 0 Å². The van der Waals surface area contributed by atoms with Crippen LogP contribution >= 0.6 is 11.6 Å². The maximum absolute atomic E-state index is 13.2. The van der Waals surface area contributed by atoms with Gasteiger partial charge in [0.2, 0.25) is 0 Å². The minimum Gasteiger partial charge on any atom is -0.489 e. The number of rotatable bonds is 6. The Bertz CT molecular complexity index is 286. The lowest BCUT2D eigenvalue weighted by molar-refractivity contribution is 0.291. The SMILES string of the molecule is NCCCCCOc1c(F)cccc1Cl. The fourth-order valence-corrected chi connectivity index (χ4v) is 1.44. The first-order chi connectivity index (χ1) is 7.25. The van der Waals surface area contributed by atoms with Crippen molar-refractivity contribution in [2.45, 2.75) is 19.3 Å². The third kappa shape index (κ3) is 4.06. The van der Waals surface area contributed by atoms with Crippen LogP contribution in [0, 0.1) is 5.82 Å². The van der Waals surface area contributed by atoms with Crippen molar-refractivity contribution in [3.63, 3.8) is 0 Å². The second-order valence-electron chi connectivity index (χ2n) is 3.25. The molecule has 0 aliphatic carbocycles. The Labute approximate surface area is 94.2 Å². The smallest absolute Gasteiger partial charge is 0.173 e. The van der Waals surface area contributed by atoms with Crippen LogP contribution in [0.1, 0.15) is 19.3 Å². The van der Waals surface area contributed by atoms with Crippen molar-refractivity contribution < 1.29 is 9.13 Å². The van der Waals surface area contributed by atoms with Crippen molar-refractivity contribution in [3.8, 4) is 5.75 Å². The van der Waals surface area contributed by atoms with E-state index in [-0.39, 0.29) is 5.75 Å². The van der Waals surface area contributed by atoms with E-state index in [2.05, 4.69) is 0 Å². The highest BCUT2D eigenvalue weighted by atomic mass is 35.5. The highest BCUT2D eigenvalue weighted by Crippen LogP contribution is 2.27.